The minimum atomic E-state index is -0.304. The normalized spacial score (nSPS) is 22.2. The van der Waals surface area contributed by atoms with Crippen molar-refractivity contribution in [1.29, 1.82) is 0 Å². The fourth-order valence-corrected chi connectivity index (χ4v) is 3.06. The van der Waals surface area contributed by atoms with Crippen molar-refractivity contribution in [2.45, 2.75) is 31.8 Å². The SMILES string of the molecule is Cn1cc(CCC2CCc3ccccc3C2O)cn1. The van der Waals surface area contributed by atoms with Crippen molar-refractivity contribution in [2.75, 3.05) is 0 Å². The number of aromatic nitrogens is 2. The third-order valence-electron chi connectivity index (χ3n) is 4.17. The van der Waals surface area contributed by atoms with Crippen molar-refractivity contribution in [1.82, 2.24) is 9.78 Å². The first-order valence-electron chi connectivity index (χ1n) is 6.97. The van der Waals surface area contributed by atoms with Gasteiger partial charge in [0.05, 0.1) is 12.3 Å². The first kappa shape index (κ1) is 12.4. The summed E-state index contributed by atoms with van der Waals surface area (Å²) in [5, 5.41) is 14.7. The summed E-state index contributed by atoms with van der Waals surface area (Å²) in [7, 11) is 1.94. The number of hydrogen-bond acceptors (Lipinski definition) is 2. The summed E-state index contributed by atoms with van der Waals surface area (Å²) >= 11 is 0. The van der Waals surface area contributed by atoms with E-state index in [4.69, 9.17) is 0 Å². The molecule has 3 heteroatoms. The van der Waals surface area contributed by atoms with E-state index in [2.05, 4.69) is 29.5 Å². The lowest BCUT2D eigenvalue weighted by Gasteiger charge is -2.30. The number of benzene rings is 1. The Kier molecular flexibility index (Phi) is 3.38. The Morgan fingerprint density at radius 3 is 3.00 bits per heavy atom. The van der Waals surface area contributed by atoms with Crippen molar-refractivity contribution in [3.8, 4) is 0 Å². The summed E-state index contributed by atoms with van der Waals surface area (Å²) < 4.78 is 1.84. The molecule has 2 aromatic rings. The summed E-state index contributed by atoms with van der Waals surface area (Å²) in [5.74, 6) is 0.370. The zero-order valence-electron chi connectivity index (χ0n) is 11.3. The highest BCUT2D eigenvalue weighted by Gasteiger charge is 2.27. The Morgan fingerprint density at radius 2 is 2.21 bits per heavy atom. The molecule has 3 rings (SSSR count). The predicted molar refractivity (Wildman–Crippen MR) is 74.7 cm³/mol. The second kappa shape index (κ2) is 5.17. The van der Waals surface area contributed by atoms with Gasteiger partial charge in [-0.3, -0.25) is 4.68 Å². The van der Waals surface area contributed by atoms with E-state index in [1.807, 2.05) is 24.0 Å². The lowest BCUT2D eigenvalue weighted by molar-refractivity contribution is 0.0887. The second-order valence-corrected chi connectivity index (χ2v) is 5.50. The number of aliphatic hydroxyl groups is 1. The van der Waals surface area contributed by atoms with Gasteiger partial charge in [0.1, 0.15) is 0 Å². The molecule has 0 saturated carbocycles. The van der Waals surface area contributed by atoms with Crippen LogP contribution in [0.4, 0.5) is 0 Å². The lowest BCUT2D eigenvalue weighted by Crippen LogP contribution is -2.21. The summed E-state index contributed by atoms with van der Waals surface area (Å²) in [6.07, 6.45) is 7.87. The van der Waals surface area contributed by atoms with Crippen molar-refractivity contribution in [3.63, 3.8) is 0 Å². The minimum absolute atomic E-state index is 0.304. The third kappa shape index (κ3) is 2.56. The van der Waals surface area contributed by atoms with Crippen LogP contribution in [0.1, 0.15) is 35.6 Å². The van der Waals surface area contributed by atoms with Crippen molar-refractivity contribution >= 4 is 0 Å². The van der Waals surface area contributed by atoms with Crippen molar-refractivity contribution in [2.24, 2.45) is 13.0 Å². The van der Waals surface area contributed by atoms with E-state index in [0.717, 1.165) is 31.2 Å². The summed E-state index contributed by atoms with van der Waals surface area (Å²) in [4.78, 5) is 0. The predicted octanol–water partition coefficient (Wildman–Crippen LogP) is 2.65. The van der Waals surface area contributed by atoms with Crippen LogP contribution in [-0.2, 0) is 19.9 Å². The molecule has 0 spiro atoms. The molecular formula is C16H20N2O. The summed E-state index contributed by atoms with van der Waals surface area (Å²) in [6.45, 7) is 0. The largest absolute Gasteiger partial charge is 0.388 e. The number of fused-ring (bicyclic) bond motifs is 1. The first-order chi connectivity index (χ1) is 9.24. The van der Waals surface area contributed by atoms with Crippen LogP contribution >= 0.6 is 0 Å². The molecule has 1 aliphatic rings. The van der Waals surface area contributed by atoms with Gasteiger partial charge < -0.3 is 5.11 Å². The van der Waals surface area contributed by atoms with Gasteiger partial charge in [0, 0.05) is 13.2 Å². The molecule has 3 nitrogen and oxygen atoms in total. The van der Waals surface area contributed by atoms with E-state index in [1.165, 1.54) is 11.1 Å². The number of hydrogen-bond donors (Lipinski definition) is 1. The molecule has 0 bridgehead atoms. The topological polar surface area (TPSA) is 38.0 Å². The zero-order valence-corrected chi connectivity index (χ0v) is 11.3. The fraction of sp³-hybridized carbons (Fsp3) is 0.438. The van der Waals surface area contributed by atoms with Crippen LogP contribution in [0, 0.1) is 5.92 Å². The molecule has 1 N–H and O–H groups in total. The molecule has 100 valence electrons. The maximum absolute atomic E-state index is 10.5. The van der Waals surface area contributed by atoms with Crippen LogP contribution in [0.15, 0.2) is 36.7 Å². The fourth-order valence-electron chi connectivity index (χ4n) is 3.06. The van der Waals surface area contributed by atoms with Crippen LogP contribution in [0.5, 0.6) is 0 Å². The summed E-state index contributed by atoms with van der Waals surface area (Å²) in [5.41, 5.74) is 3.70. The van der Waals surface area contributed by atoms with E-state index >= 15 is 0 Å². The zero-order chi connectivity index (χ0) is 13.2. The molecule has 1 aromatic carbocycles. The summed E-state index contributed by atoms with van der Waals surface area (Å²) in [6, 6.07) is 8.28. The molecule has 0 aliphatic heterocycles. The van der Waals surface area contributed by atoms with Gasteiger partial charge >= 0.3 is 0 Å². The molecule has 1 aromatic heterocycles. The molecule has 0 radical (unpaired) electrons. The van der Waals surface area contributed by atoms with Gasteiger partial charge in [-0.2, -0.15) is 5.10 Å². The van der Waals surface area contributed by atoms with Gasteiger partial charge in [0.2, 0.25) is 0 Å². The molecule has 2 unspecified atom stereocenters. The molecule has 19 heavy (non-hydrogen) atoms. The van der Waals surface area contributed by atoms with Crippen LogP contribution < -0.4 is 0 Å². The Morgan fingerprint density at radius 1 is 1.37 bits per heavy atom. The van der Waals surface area contributed by atoms with Gasteiger partial charge in [0.15, 0.2) is 0 Å². The maximum atomic E-state index is 10.5. The highest BCUT2D eigenvalue weighted by atomic mass is 16.3. The Balaban J connectivity index is 1.67. The van der Waals surface area contributed by atoms with Gasteiger partial charge in [0.25, 0.3) is 0 Å². The van der Waals surface area contributed by atoms with E-state index in [-0.39, 0.29) is 6.10 Å². The van der Waals surface area contributed by atoms with Crippen LogP contribution in [0.2, 0.25) is 0 Å². The van der Waals surface area contributed by atoms with E-state index < -0.39 is 0 Å². The smallest absolute Gasteiger partial charge is 0.0821 e. The second-order valence-electron chi connectivity index (χ2n) is 5.50. The molecule has 1 aliphatic carbocycles. The van der Waals surface area contributed by atoms with Crippen LogP contribution in [0.3, 0.4) is 0 Å². The minimum Gasteiger partial charge on any atom is -0.388 e. The molecular weight excluding hydrogens is 236 g/mol. The van der Waals surface area contributed by atoms with E-state index in [1.54, 1.807) is 0 Å². The molecule has 0 saturated heterocycles. The lowest BCUT2D eigenvalue weighted by atomic mass is 9.79. The van der Waals surface area contributed by atoms with Crippen molar-refractivity contribution < 1.29 is 5.11 Å². The number of aryl methyl sites for hydroxylation is 3. The van der Waals surface area contributed by atoms with E-state index in [9.17, 15) is 5.11 Å². The standard InChI is InChI=1S/C16H20N2O/c1-18-11-12(10-17-18)6-7-14-9-8-13-4-2-3-5-15(13)16(14)19/h2-5,10-11,14,16,19H,6-9H2,1H3. The Bertz CT molecular complexity index is 561. The van der Waals surface area contributed by atoms with Crippen LogP contribution in [-0.4, -0.2) is 14.9 Å². The number of aliphatic hydroxyl groups excluding tert-OH is 1. The highest BCUT2D eigenvalue weighted by Crippen LogP contribution is 2.36. The monoisotopic (exact) mass is 256 g/mol. The van der Waals surface area contributed by atoms with Crippen molar-refractivity contribution in [3.05, 3.63) is 53.3 Å². The average Bonchev–Trinajstić information content (AvgIpc) is 2.84. The van der Waals surface area contributed by atoms with Gasteiger partial charge in [-0.15, -0.1) is 0 Å². The van der Waals surface area contributed by atoms with Gasteiger partial charge in [-0.1, -0.05) is 24.3 Å². The number of rotatable bonds is 3. The molecule has 0 fully saturated rings. The first-order valence-corrected chi connectivity index (χ1v) is 6.97. The molecule has 2 atom stereocenters. The van der Waals surface area contributed by atoms with Gasteiger partial charge in [-0.25, -0.2) is 0 Å². The van der Waals surface area contributed by atoms with E-state index in [0.29, 0.717) is 5.92 Å². The molecule has 0 amide bonds. The quantitative estimate of drug-likeness (QED) is 0.916. The Labute approximate surface area is 113 Å². The maximum Gasteiger partial charge on any atom is 0.0821 e. The number of nitrogens with zero attached hydrogens (tertiary/aromatic N) is 2. The van der Waals surface area contributed by atoms with Gasteiger partial charge in [-0.05, 0) is 48.3 Å². The third-order valence-corrected chi connectivity index (χ3v) is 4.17. The van der Waals surface area contributed by atoms with Crippen LogP contribution in [0.25, 0.3) is 0 Å². The average molecular weight is 256 g/mol. The Hall–Kier alpha value is -1.61. The highest BCUT2D eigenvalue weighted by molar-refractivity contribution is 5.31. The molecule has 1 heterocycles.